The predicted molar refractivity (Wildman–Crippen MR) is 53.1 cm³/mol. The summed E-state index contributed by atoms with van der Waals surface area (Å²) in [5, 5.41) is 5.86. The van der Waals surface area contributed by atoms with Crippen LogP contribution in [-0.4, -0.2) is 36.6 Å². The van der Waals surface area contributed by atoms with Crippen LogP contribution in [0.25, 0.3) is 0 Å². The number of rotatable bonds is 4. The van der Waals surface area contributed by atoms with Crippen molar-refractivity contribution >= 4 is 11.9 Å². The van der Waals surface area contributed by atoms with Gasteiger partial charge in [-0.3, -0.25) is 14.9 Å². The third kappa shape index (κ3) is 2.68. The first-order valence-electron chi connectivity index (χ1n) is 5.40. The van der Waals surface area contributed by atoms with Crippen molar-refractivity contribution in [1.29, 1.82) is 0 Å². The third-order valence-electron chi connectivity index (χ3n) is 2.70. The number of hydrogen-bond acceptors (Lipinski definition) is 4. The molecule has 2 aliphatic rings. The van der Waals surface area contributed by atoms with E-state index in [1.54, 1.807) is 6.92 Å². The normalized spacial score (nSPS) is 27.3. The van der Waals surface area contributed by atoms with E-state index < -0.39 is 0 Å². The minimum absolute atomic E-state index is 0.0304. The topological polar surface area (TPSA) is 67.4 Å². The van der Waals surface area contributed by atoms with Crippen LogP contribution in [0.15, 0.2) is 0 Å². The highest BCUT2D eigenvalue weighted by Gasteiger charge is 2.31. The molecule has 0 aromatic heterocycles. The van der Waals surface area contributed by atoms with Gasteiger partial charge in [0.25, 0.3) is 0 Å². The highest BCUT2D eigenvalue weighted by Crippen LogP contribution is 2.18. The summed E-state index contributed by atoms with van der Waals surface area (Å²) in [6, 6.07) is -0.288. The number of cyclic esters (lactones) is 1. The second kappa shape index (κ2) is 4.18. The molecule has 0 aromatic rings. The Bertz CT molecular complexity index is 276. The van der Waals surface area contributed by atoms with Gasteiger partial charge < -0.3 is 10.1 Å². The monoisotopic (exact) mass is 212 g/mol. The molecule has 1 heterocycles. The molecule has 2 rings (SSSR count). The van der Waals surface area contributed by atoms with Gasteiger partial charge in [-0.2, -0.15) is 0 Å². The van der Waals surface area contributed by atoms with Crippen LogP contribution in [0.3, 0.4) is 0 Å². The number of carbonyl (C=O) groups is 2. The molecule has 2 N–H and O–H groups in total. The van der Waals surface area contributed by atoms with Gasteiger partial charge in [0.05, 0.1) is 12.6 Å². The summed E-state index contributed by atoms with van der Waals surface area (Å²) in [7, 11) is 0. The van der Waals surface area contributed by atoms with Crippen molar-refractivity contribution in [1.82, 2.24) is 10.6 Å². The Morgan fingerprint density at radius 1 is 1.47 bits per heavy atom. The fourth-order valence-electron chi connectivity index (χ4n) is 1.58. The van der Waals surface area contributed by atoms with E-state index in [0.717, 1.165) is 12.8 Å². The second-order valence-electron chi connectivity index (χ2n) is 4.18. The number of esters is 1. The largest absolute Gasteiger partial charge is 0.464 e. The molecule has 0 spiro atoms. The number of nitrogens with one attached hydrogen (secondary N) is 2. The molecule has 1 aliphatic carbocycles. The van der Waals surface area contributed by atoms with Gasteiger partial charge in [0.1, 0.15) is 6.04 Å². The van der Waals surface area contributed by atoms with Crippen molar-refractivity contribution < 1.29 is 14.3 Å². The Kier molecular flexibility index (Phi) is 2.90. The van der Waals surface area contributed by atoms with E-state index >= 15 is 0 Å². The van der Waals surface area contributed by atoms with Crippen LogP contribution >= 0.6 is 0 Å². The summed E-state index contributed by atoms with van der Waals surface area (Å²) in [5.74, 6) is -0.279. The van der Waals surface area contributed by atoms with Crippen molar-refractivity contribution in [3.63, 3.8) is 0 Å². The van der Waals surface area contributed by atoms with Gasteiger partial charge in [0, 0.05) is 12.5 Å². The number of ether oxygens (including phenoxy) is 1. The molecule has 5 nitrogen and oxygen atoms in total. The van der Waals surface area contributed by atoms with E-state index in [2.05, 4.69) is 10.6 Å². The predicted octanol–water partition coefficient (Wildman–Crippen LogP) is -0.441. The standard InChI is InChI=1S/C10H16N2O3/c1-6(9(13)12-7-2-3-7)11-8-4-5-15-10(8)14/h6-8,11H,2-5H2,1H3,(H,12,13). The molecule has 84 valence electrons. The van der Waals surface area contributed by atoms with E-state index in [0.29, 0.717) is 19.1 Å². The summed E-state index contributed by atoms with van der Waals surface area (Å²) in [6.07, 6.45) is 2.80. The van der Waals surface area contributed by atoms with Crippen LogP contribution in [0.1, 0.15) is 26.2 Å². The van der Waals surface area contributed by atoms with Crippen LogP contribution in [0.2, 0.25) is 0 Å². The summed E-state index contributed by atoms with van der Waals surface area (Å²) in [5.41, 5.74) is 0. The lowest BCUT2D eigenvalue weighted by atomic mass is 10.2. The van der Waals surface area contributed by atoms with E-state index in [-0.39, 0.29) is 24.0 Å². The third-order valence-corrected chi connectivity index (χ3v) is 2.70. The van der Waals surface area contributed by atoms with E-state index in [9.17, 15) is 9.59 Å². The van der Waals surface area contributed by atoms with Crippen LogP contribution in [0.5, 0.6) is 0 Å². The maximum absolute atomic E-state index is 11.6. The Morgan fingerprint density at radius 2 is 2.20 bits per heavy atom. The Morgan fingerprint density at radius 3 is 2.73 bits per heavy atom. The average molecular weight is 212 g/mol. The van der Waals surface area contributed by atoms with Gasteiger partial charge in [-0.25, -0.2) is 0 Å². The molecule has 1 saturated heterocycles. The van der Waals surface area contributed by atoms with E-state index in [4.69, 9.17) is 4.74 Å². The van der Waals surface area contributed by atoms with Crippen LogP contribution in [0.4, 0.5) is 0 Å². The summed E-state index contributed by atoms with van der Waals surface area (Å²) >= 11 is 0. The van der Waals surface area contributed by atoms with Crippen LogP contribution < -0.4 is 10.6 Å². The summed E-state index contributed by atoms with van der Waals surface area (Å²) in [4.78, 5) is 22.7. The quantitative estimate of drug-likeness (QED) is 0.620. The summed E-state index contributed by atoms with van der Waals surface area (Å²) < 4.78 is 4.81. The smallest absolute Gasteiger partial charge is 0.323 e. The molecule has 0 aromatic carbocycles. The fourth-order valence-corrected chi connectivity index (χ4v) is 1.58. The van der Waals surface area contributed by atoms with Crippen molar-refractivity contribution in [2.24, 2.45) is 0 Å². The van der Waals surface area contributed by atoms with Crippen LogP contribution in [0, 0.1) is 0 Å². The molecule has 5 heteroatoms. The molecule has 2 fully saturated rings. The number of hydrogen-bond donors (Lipinski definition) is 2. The lowest BCUT2D eigenvalue weighted by molar-refractivity contribution is -0.139. The molecule has 1 saturated carbocycles. The van der Waals surface area contributed by atoms with Crippen molar-refractivity contribution in [2.75, 3.05) is 6.61 Å². The molecule has 2 unspecified atom stereocenters. The van der Waals surface area contributed by atoms with Crippen molar-refractivity contribution in [3.05, 3.63) is 0 Å². The number of amides is 1. The first kappa shape index (κ1) is 10.4. The minimum Gasteiger partial charge on any atom is -0.464 e. The Labute approximate surface area is 88.5 Å². The Balaban J connectivity index is 1.77. The van der Waals surface area contributed by atoms with Gasteiger partial charge in [-0.05, 0) is 19.8 Å². The molecule has 1 amide bonds. The minimum atomic E-state index is -0.332. The molecule has 2 atom stereocenters. The van der Waals surface area contributed by atoms with Gasteiger partial charge in [0.2, 0.25) is 5.91 Å². The van der Waals surface area contributed by atoms with Gasteiger partial charge in [-0.15, -0.1) is 0 Å². The maximum atomic E-state index is 11.6. The molecular weight excluding hydrogens is 196 g/mol. The molecule has 0 radical (unpaired) electrons. The van der Waals surface area contributed by atoms with Crippen molar-refractivity contribution in [3.8, 4) is 0 Å². The van der Waals surface area contributed by atoms with Gasteiger partial charge in [0.15, 0.2) is 0 Å². The summed E-state index contributed by atoms with van der Waals surface area (Å²) in [6.45, 7) is 2.22. The maximum Gasteiger partial charge on any atom is 0.323 e. The lowest BCUT2D eigenvalue weighted by Crippen LogP contribution is -2.48. The highest BCUT2D eigenvalue weighted by molar-refractivity contribution is 5.83. The van der Waals surface area contributed by atoms with Crippen LogP contribution in [-0.2, 0) is 14.3 Å². The lowest BCUT2D eigenvalue weighted by Gasteiger charge is -2.16. The zero-order valence-corrected chi connectivity index (χ0v) is 8.79. The van der Waals surface area contributed by atoms with E-state index in [1.165, 1.54) is 0 Å². The Hall–Kier alpha value is -1.10. The van der Waals surface area contributed by atoms with Crippen molar-refractivity contribution in [2.45, 2.75) is 44.3 Å². The van der Waals surface area contributed by atoms with E-state index in [1.807, 2.05) is 0 Å². The highest BCUT2D eigenvalue weighted by atomic mass is 16.5. The zero-order valence-electron chi connectivity index (χ0n) is 8.79. The fraction of sp³-hybridized carbons (Fsp3) is 0.800. The molecular formula is C10H16N2O3. The first-order chi connectivity index (χ1) is 7.16. The first-order valence-corrected chi connectivity index (χ1v) is 5.40. The average Bonchev–Trinajstić information content (AvgIpc) is 2.92. The molecule has 15 heavy (non-hydrogen) atoms. The SMILES string of the molecule is CC(NC1CCOC1=O)C(=O)NC1CC1. The zero-order chi connectivity index (χ0) is 10.8. The molecule has 1 aliphatic heterocycles. The number of carbonyl (C=O) groups excluding carboxylic acids is 2. The van der Waals surface area contributed by atoms with Gasteiger partial charge >= 0.3 is 5.97 Å². The van der Waals surface area contributed by atoms with Gasteiger partial charge in [-0.1, -0.05) is 0 Å². The molecule has 0 bridgehead atoms. The second-order valence-corrected chi connectivity index (χ2v) is 4.18.